The molecule has 0 aliphatic carbocycles. The molecule has 0 saturated heterocycles. The lowest BCUT2D eigenvalue weighted by atomic mass is 10.2. The molecule has 0 radical (unpaired) electrons. The highest BCUT2D eigenvalue weighted by molar-refractivity contribution is 6.08. The van der Waals surface area contributed by atoms with Crippen molar-refractivity contribution in [3.05, 3.63) is 48.5 Å². The average molecular weight is 215 g/mol. The minimum atomic E-state index is 1.09. The Labute approximate surface area is 99.7 Å². The highest BCUT2D eigenvalue weighted by Crippen LogP contribution is 2.27. The molecule has 0 bridgehead atoms. The molecule has 0 spiro atoms. The smallest absolute Gasteiger partial charge is 0.0625 e. The fraction of sp³-hybridized carbons (Fsp3) is 0. The van der Waals surface area contributed by atoms with Gasteiger partial charge in [-0.15, -0.1) is 6.42 Å². The van der Waals surface area contributed by atoms with E-state index in [1.807, 2.05) is 28.8 Å². The zero-order valence-corrected chi connectivity index (χ0v) is 9.14. The first kappa shape index (κ1) is 9.58. The normalized spacial score (nSPS) is 9.82. The van der Waals surface area contributed by atoms with Crippen LogP contribution in [0.1, 0.15) is 0 Å². The largest absolute Gasteiger partial charge is 0.268 e. The number of terminal acetylenes is 1. The van der Waals surface area contributed by atoms with Gasteiger partial charge in [-0.2, -0.15) is 0 Å². The van der Waals surface area contributed by atoms with Crippen LogP contribution < -0.4 is 0 Å². The molecule has 1 heterocycles. The molecule has 0 atom stereocenters. The van der Waals surface area contributed by atoms with Gasteiger partial charge in [-0.25, -0.2) is 0 Å². The fourth-order valence-electron chi connectivity index (χ4n) is 2.13. The molecule has 2 aromatic carbocycles. The van der Waals surface area contributed by atoms with Crippen LogP contribution in [0.15, 0.2) is 48.5 Å². The summed E-state index contributed by atoms with van der Waals surface area (Å²) in [5, 5.41) is 2.41. The molecule has 1 heteroatoms. The van der Waals surface area contributed by atoms with Crippen LogP contribution in [-0.4, -0.2) is 4.57 Å². The summed E-state index contributed by atoms with van der Waals surface area (Å²) in [6.07, 6.45) is 5.20. The Bertz CT molecular complexity index is 751. The molecular formula is C16H9N. The lowest BCUT2D eigenvalue weighted by Gasteiger charge is -1.94. The minimum absolute atomic E-state index is 1.09. The van der Waals surface area contributed by atoms with Gasteiger partial charge < -0.3 is 0 Å². The molecule has 0 unspecified atom stereocenters. The number of fused-ring (bicyclic) bond motifs is 3. The number of hydrogen-bond acceptors (Lipinski definition) is 0. The maximum atomic E-state index is 5.20. The van der Waals surface area contributed by atoms with Crippen molar-refractivity contribution in [1.82, 2.24) is 4.57 Å². The molecule has 0 N–H and O–H groups in total. The predicted octanol–water partition coefficient (Wildman–Crippen LogP) is 3.24. The van der Waals surface area contributed by atoms with Gasteiger partial charge in [-0.3, -0.25) is 4.57 Å². The second-order valence-electron chi connectivity index (χ2n) is 3.75. The van der Waals surface area contributed by atoms with E-state index in [0.29, 0.717) is 0 Å². The van der Waals surface area contributed by atoms with Crippen LogP contribution in [-0.2, 0) is 0 Å². The van der Waals surface area contributed by atoms with Gasteiger partial charge in [0.2, 0.25) is 0 Å². The quantitative estimate of drug-likeness (QED) is 0.507. The zero-order valence-electron chi connectivity index (χ0n) is 9.14. The van der Waals surface area contributed by atoms with E-state index in [4.69, 9.17) is 6.42 Å². The van der Waals surface area contributed by atoms with E-state index in [9.17, 15) is 0 Å². The standard InChI is InChI=1S/C16H9N/c1-2-3-12-17-15-10-6-4-8-13(15)14-9-5-7-11-16(14)17/h1,4-11H. The van der Waals surface area contributed by atoms with Gasteiger partial charge in [-0.05, 0) is 18.1 Å². The first-order valence-corrected chi connectivity index (χ1v) is 5.36. The van der Waals surface area contributed by atoms with E-state index in [1.54, 1.807) is 0 Å². The van der Waals surface area contributed by atoms with Crippen molar-refractivity contribution in [3.63, 3.8) is 0 Å². The summed E-state index contributed by atoms with van der Waals surface area (Å²) in [6, 6.07) is 19.4. The van der Waals surface area contributed by atoms with Crippen LogP contribution in [0.2, 0.25) is 0 Å². The second kappa shape index (κ2) is 3.74. The van der Waals surface area contributed by atoms with Crippen molar-refractivity contribution in [2.75, 3.05) is 0 Å². The molecule has 17 heavy (non-hydrogen) atoms. The van der Waals surface area contributed by atoms with Gasteiger partial charge in [0.25, 0.3) is 0 Å². The van der Waals surface area contributed by atoms with Gasteiger partial charge >= 0.3 is 0 Å². The van der Waals surface area contributed by atoms with Crippen molar-refractivity contribution in [3.8, 4) is 24.3 Å². The van der Waals surface area contributed by atoms with Crippen LogP contribution in [0.25, 0.3) is 21.8 Å². The summed E-state index contributed by atoms with van der Waals surface area (Å²) in [5.74, 6) is 5.03. The van der Waals surface area contributed by atoms with E-state index in [2.05, 4.69) is 42.2 Å². The second-order valence-corrected chi connectivity index (χ2v) is 3.75. The molecule has 3 aromatic rings. The number of aromatic nitrogens is 1. The maximum absolute atomic E-state index is 5.20. The molecule has 3 rings (SSSR count). The predicted molar refractivity (Wildman–Crippen MR) is 71.5 cm³/mol. The van der Waals surface area contributed by atoms with E-state index >= 15 is 0 Å². The Hall–Kier alpha value is -2.64. The summed E-state index contributed by atoms with van der Waals surface area (Å²) in [6.45, 7) is 0. The lowest BCUT2D eigenvalue weighted by Crippen LogP contribution is -1.86. The Morgan fingerprint density at radius 2 is 1.35 bits per heavy atom. The number of nitrogens with zero attached hydrogens (tertiary/aromatic N) is 1. The third kappa shape index (κ3) is 1.38. The monoisotopic (exact) mass is 215 g/mol. The zero-order chi connectivity index (χ0) is 11.7. The molecule has 0 aliphatic rings. The highest BCUT2D eigenvalue weighted by Gasteiger charge is 2.07. The lowest BCUT2D eigenvalue weighted by molar-refractivity contribution is 1.26. The molecular weight excluding hydrogens is 206 g/mol. The third-order valence-corrected chi connectivity index (χ3v) is 2.82. The van der Waals surface area contributed by atoms with Crippen molar-refractivity contribution in [2.24, 2.45) is 0 Å². The summed E-state index contributed by atoms with van der Waals surface area (Å²) in [7, 11) is 0. The van der Waals surface area contributed by atoms with Gasteiger partial charge in [0.05, 0.1) is 11.0 Å². The topological polar surface area (TPSA) is 4.93 Å². The summed E-state index contributed by atoms with van der Waals surface area (Å²) < 4.78 is 1.95. The third-order valence-electron chi connectivity index (χ3n) is 2.82. The molecule has 0 saturated carbocycles. The molecule has 0 fully saturated rings. The number of benzene rings is 2. The van der Waals surface area contributed by atoms with Gasteiger partial charge in [-0.1, -0.05) is 36.4 Å². The van der Waals surface area contributed by atoms with E-state index in [1.165, 1.54) is 10.8 Å². The number of rotatable bonds is 0. The van der Waals surface area contributed by atoms with E-state index in [-0.39, 0.29) is 0 Å². The molecule has 0 amide bonds. The Morgan fingerprint density at radius 3 is 1.88 bits per heavy atom. The van der Waals surface area contributed by atoms with Crippen LogP contribution in [0.3, 0.4) is 0 Å². The molecule has 0 aliphatic heterocycles. The molecule has 1 aromatic heterocycles. The summed E-state index contributed by atoms with van der Waals surface area (Å²) >= 11 is 0. The van der Waals surface area contributed by atoms with Crippen LogP contribution >= 0.6 is 0 Å². The Balaban J connectivity index is 2.55. The molecule has 78 valence electrons. The van der Waals surface area contributed by atoms with Crippen LogP contribution in [0, 0.1) is 24.3 Å². The Morgan fingerprint density at radius 1 is 0.824 bits per heavy atom. The van der Waals surface area contributed by atoms with Crippen LogP contribution in [0.5, 0.6) is 0 Å². The minimum Gasteiger partial charge on any atom is -0.268 e. The van der Waals surface area contributed by atoms with Crippen molar-refractivity contribution in [1.29, 1.82) is 0 Å². The van der Waals surface area contributed by atoms with E-state index in [0.717, 1.165) is 11.0 Å². The first-order valence-electron chi connectivity index (χ1n) is 5.36. The van der Waals surface area contributed by atoms with Crippen molar-refractivity contribution in [2.45, 2.75) is 0 Å². The first-order chi connectivity index (χ1) is 8.42. The van der Waals surface area contributed by atoms with Gasteiger partial charge in [0, 0.05) is 22.7 Å². The van der Waals surface area contributed by atoms with Gasteiger partial charge in [0.15, 0.2) is 0 Å². The van der Waals surface area contributed by atoms with Gasteiger partial charge in [0.1, 0.15) is 0 Å². The van der Waals surface area contributed by atoms with Crippen molar-refractivity contribution >= 4 is 21.8 Å². The summed E-state index contributed by atoms with van der Waals surface area (Å²) in [4.78, 5) is 0. The summed E-state index contributed by atoms with van der Waals surface area (Å²) in [5.41, 5.74) is 2.19. The molecule has 1 nitrogen and oxygen atoms in total. The fourth-order valence-corrected chi connectivity index (χ4v) is 2.13. The SMILES string of the molecule is C#CC#Cn1c2ccccc2c2ccccc21. The van der Waals surface area contributed by atoms with Crippen molar-refractivity contribution < 1.29 is 0 Å². The maximum Gasteiger partial charge on any atom is 0.0625 e. The number of para-hydroxylation sites is 2. The van der Waals surface area contributed by atoms with E-state index < -0.39 is 0 Å². The number of hydrogen-bond donors (Lipinski definition) is 0. The van der Waals surface area contributed by atoms with Crippen LogP contribution in [0.4, 0.5) is 0 Å². The highest BCUT2D eigenvalue weighted by atomic mass is 14.9. The average Bonchev–Trinajstić information content (AvgIpc) is 2.71. The Kier molecular flexibility index (Phi) is 2.11.